The number of thiophene rings is 1. The molecule has 6 heteroatoms. The Morgan fingerprint density at radius 1 is 1.07 bits per heavy atom. The zero-order valence-electron chi connectivity index (χ0n) is 15.2. The zero-order chi connectivity index (χ0) is 19.0. The average molecular weight is 396 g/mol. The van der Waals surface area contributed by atoms with Crippen LogP contribution in [0.15, 0.2) is 48.1 Å². The number of aryl methyl sites for hydroxylation is 2. The third-order valence-corrected chi connectivity index (χ3v) is 5.76. The molecule has 0 atom stereocenters. The Morgan fingerprint density at radius 2 is 1.85 bits per heavy atom. The van der Waals surface area contributed by atoms with E-state index in [-0.39, 0.29) is 0 Å². The van der Waals surface area contributed by atoms with Gasteiger partial charge in [-0.1, -0.05) is 41.4 Å². The Balaban J connectivity index is 1.85. The Bertz CT molecular complexity index is 1120. The highest BCUT2D eigenvalue weighted by Crippen LogP contribution is 2.39. The van der Waals surface area contributed by atoms with Crippen LogP contribution in [-0.4, -0.2) is 17.1 Å². The van der Waals surface area contributed by atoms with Crippen LogP contribution >= 0.6 is 22.9 Å². The van der Waals surface area contributed by atoms with Gasteiger partial charge in [-0.15, -0.1) is 11.3 Å². The summed E-state index contributed by atoms with van der Waals surface area (Å²) in [4.78, 5) is 9.88. The highest BCUT2D eigenvalue weighted by atomic mass is 35.5. The molecule has 2 aromatic carbocycles. The maximum Gasteiger partial charge on any atom is 0.143 e. The van der Waals surface area contributed by atoms with Crippen molar-refractivity contribution in [2.24, 2.45) is 0 Å². The molecule has 2 aromatic heterocycles. The molecule has 4 rings (SSSR count). The number of ether oxygens (including phenoxy) is 1. The molecule has 0 saturated carbocycles. The van der Waals surface area contributed by atoms with Crippen LogP contribution in [0.5, 0.6) is 5.75 Å². The van der Waals surface area contributed by atoms with E-state index in [4.69, 9.17) is 16.3 Å². The molecule has 2 heterocycles. The minimum Gasteiger partial charge on any atom is -0.495 e. The van der Waals surface area contributed by atoms with Crippen LogP contribution < -0.4 is 10.1 Å². The van der Waals surface area contributed by atoms with Crippen molar-refractivity contribution in [3.8, 4) is 16.9 Å². The maximum absolute atomic E-state index is 6.23. The summed E-state index contributed by atoms with van der Waals surface area (Å²) >= 11 is 7.84. The van der Waals surface area contributed by atoms with Gasteiger partial charge < -0.3 is 10.1 Å². The van der Waals surface area contributed by atoms with E-state index >= 15 is 0 Å². The third kappa shape index (κ3) is 3.36. The summed E-state index contributed by atoms with van der Waals surface area (Å²) in [5.74, 6) is 1.42. The van der Waals surface area contributed by atoms with E-state index in [9.17, 15) is 0 Å². The molecule has 0 aliphatic rings. The third-order valence-electron chi connectivity index (χ3n) is 4.47. The van der Waals surface area contributed by atoms with E-state index < -0.39 is 0 Å². The Labute approximate surface area is 166 Å². The summed E-state index contributed by atoms with van der Waals surface area (Å²) in [5, 5.41) is 7.21. The first-order chi connectivity index (χ1) is 13.1. The van der Waals surface area contributed by atoms with Gasteiger partial charge in [-0.3, -0.25) is 0 Å². The van der Waals surface area contributed by atoms with Crippen LogP contribution in [0.1, 0.15) is 11.1 Å². The molecule has 4 nitrogen and oxygen atoms in total. The fourth-order valence-electron chi connectivity index (χ4n) is 2.97. The van der Waals surface area contributed by atoms with Gasteiger partial charge >= 0.3 is 0 Å². The van der Waals surface area contributed by atoms with E-state index in [1.807, 2.05) is 19.1 Å². The number of nitrogens with zero attached hydrogens (tertiary/aromatic N) is 2. The second kappa shape index (κ2) is 7.18. The summed E-state index contributed by atoms with van der Waals surface area (Å²) in [6, 6.07) is 12.3. The summed E-state index contributed by atoms with van der Waals surface area (Å²) in [6.45, 7) is 4.05. The van der Waals surface area contributed by atoms with Crippen LogP contribution in [0.25, 0.3) is 21.3 Å². The molecule has 0 unspecified atom stereocenters. The van der Waals surface area contributed by atoms with Crippen LogP contribution in [0, 0.1) is 13.8 Å². The van der Waals surface area contributed by atoms with E-state index in [1.165, 1.54) is 5.56 Å². The van der Waals surface area contributed by atoms with Gasteiger partial charge in [0, 0.05) is 22.0 Å². The van der Waals surface area contributed by atoms with Gasteiger partial charge in [-0.25, -0.2) is 9.97 Å². The highest BCUT2D eigenvalue weighted by Gasteiger charge is 2.15. The van der Waals surface area contributed by atoms with Crippen molar-refractivity contribution in [3.05, 3.63) is 64.3 Å². The summed E-state index contributed by atoms with van der Waals surface area (Å²) < 4.78 is 5.49. The molecule has 27 heavy (non-hydrogen) atoms. The van der Waals surface area contributed by atoms with Crippen molar-refractivity contribution in [2.45, 2.75) is 13.8 Å². The van der Waals surface area contributed by atoms with Gasteiger partial charge in [0.1, 0.15) is 22.7 Å². The van der Waals surface area contributed by atoms with Crippen molar-refractivity contribution in [3.63, 3.8) is 0 Å². The number of benzene rings is 2. The second-order valence-electron chi connectivity index (χ2n) is 6.34. The normalized spacial score (nSPS) is 11.0. The smallest absolute Gasteiger partial charge is 0.143 e. The maximum atomic E-state index is 6.23. The number of fused-ring (bicyclic) bond motifs is 1. The average Bonchev–Trinajstić information content (AvgIpc) is 3.10. The van der Waals surface area contributed by atoms with Gasteiger partial charge in [0.2, 0.25) is 0 Å². The lowest BCUT2D eigenvalue weighted by molar-refractivity contribution is 0.416. The number of hydrogen-bond donors (Lipinski definition) is 1. The monoisotopic (exact) mass is 395 g/mol. The molecule has 0 aliphatic carbocycles. The lowest BCUT2D eigenvalue weighted by Crippen LogP contribution is -1.99. The number of methoxy groups -OCH3 is 1. The standard InChI is InChI=1S/C21H18ClN3OS/c1-12-4-6-14(7-5-12)15-10-27-21-19(15)20(23-11-24-21)25-17-8-13(2)16(22)9-18(17)26-3/h4-11H,1-3H3,(H,23,24,25). The fourth-order valence-corrected chi connectivity index (χ4v) is 4.04. The Hall–Kier alpha value is -2.63. The summed E-state index contributed by atoms with van der Waals surface area (Å²) in [5.41, 5.74) is 5.27. The van der Waals surface area contributed by atoms with Gasteiger partial charge in [-0.2, -0.15) is 0 Å². The van der Waals surface area contributed by atoms with Gasteiger partial charge in [0.15, 0.2) is 0 Å². The minimum atomic E-state index is 0.668. The minimum absolute atomic E-state index is 0.668. The summed E-state index contributed by atoms with van der Waals surface area (Å²) in [6.07, 6.45) is 1.58. The molecule has 0 spiro atoms. The molecule has 0 bridgehead atoms. The molecular weight excluding hydrogens is 378 g/mol. The lowest BCUT2D eigenvalue weighted by Gasteiger charge is -2.14. The van der Waals surface area contributed by atoms with Crippen LogP contribution in [-0.2, 0) is 0 Å². The van der Waals surface area contributed by atoms with Crippen molar-refractivity contribution in [1.82, 2.24) is 9.97 Å². The molecule has 0 amide bonds. The van der Waals surface area contributed by atoms with Crippen molar-refractivity contribution >= 4 is 44.7 Å². The van der Waals surface area contributed by atoms with Gasteiger partial charge in [0.25, 0.3) is 0 Å². The van der Waals surface area contributed by atoms with E-state index in [0.29, 0.717) is 10.8 Å². The first kappa shape index (κ1) is 17.8. The molecule has 0 fully saturated rings. The van der Waals surface area contributed by atoms with Gasteiger partial charge in [-0.05, 0) is 31.0 Å². The quantitative estimate of drug-likeness (QED) is 0.435. The number of halogens is 1. The molecule has 4 aromatic rings. The number of hydrogen-bond acceptors (Lipinski definition) is 5. The molecule has 0 saturated heterocycles. The van der Waals surface area contributed by atoms with E-state index in [1.54, 1.807) is 24.8 Å². The van der Waals surface area contributed by atoms with Gasteiger partial charge in [0.05, 0.1) is 18.2 Å². The Kier molecular flexibility index (Phi) is 4.72. The molecule has 1 N–H and O–H groups in total. The molecule has 0 radical (unpaired) electrons. The van der Waals surface area contributed by atoms with E-state index in [0.717, 1.165) is 38.4 Å². The zero-order valence-corrected chi connectivity index (χ0v) is 16.8. The second-order valence-corrected chi connectivity index (χ2v) is 7.61. The number of anilines is 2. The number of aromatic nitrogens is 2. The fraction of sp³-hybridized carbons (Fsp3) is 0.143. The largest absolute Gasteiger partial charge is 0.495 e. The predicted molar refractivity (Wildman–Crippen MR) is 114 cm³/mol. The number of nitrogens with one attached hydrogen (secondary N) is 1. The highest BCUT2D eigenvalue weighted by molar-refractivity contribution is 7.17. The van der Waals surface area contributed by atoms with Crippen molar-refractivity contribution in [2.75, 3.05) is 12.4 Å². The van der Waals surface area contributed by atoms with Crippen LogP contribution in [0.4, 0.5) is 11.5 Å². The van der Waals surface area contributed by atoms with Crippen molar-refractivity contribution in [1.29, 1.82) is 0 Å². The summed E-state index contributed by atoms with van der Waals surface area (Å²) in [7, 11) is 1.63. The topological polar surface area (TPSA) is 47.0 Å². The number of rotatable bonds is 4. The predicted octanol–water partition coefficient (Wildman–Crippen LogP) is 6.38. The molecule has 0 aliphatic heterocycles. The Morgan fingerprint density at radius 3 is 2.59 bits per heavy atom. The van der Waals surface area contributed by atoms with Crippen LogP contribution in [0.2, 0.25) is 5.02 Å². The molecular formula is C21H18ClN3OS. The molecule has 136 valence electrons. The van der Waals surface area contributed by atoms with Crippen LogP contribution in [0.3, 0.4) is 0 Å². The first-order valence-corrected chi connectivity index (χ1v) is 9.73. The SMILES string of the molecule is COc1cc(Cl)c(C)cc1Nc1ncnc2scc(-c3ccc(C)cc3)c12. The first-order valence-electron chi connectivity index (χ1n) is 8.47. The van der Waals surface area contributed by atoms with Crippen molar-refractivity contribution < 1.29 is 4.74 Å². The van der Waals surface area contributed by atoms with E-state index in [2.05, 4.69) is 51.9 Å². The lowest BCUT2D eigenvalue weighted by atomic mass is 10.0.